The highest BCUT2D eigenvalue weighted by molar-refractivity contribution is 6.42. The van der Waals surface area contributed by atoms with Gasteiger partial charge >= 0.3 is 0 Å². The average molecular weight is 412 g/mol. The van der Waals surface area contributed by atoms with Gasteiger partial charge in [0.2, 0.25) is 0 Å². The topological polar surface area (TPSA) is 37.8 Å². The van der Waals surface area contributed by atoms with E-state index in [4.69, 9.17) is 23.2 Å². The van der Waals surface area contributed by atoms with E-state index in [9.17, 15) is 4.39 Å². The molecule has 2 heterocycles. The van der Waals surface area contributed by atoms with Gasteiger partial charge in [0.1, 0.15) is 11.6 Å². The van der Waals surface area contributed by atoms with Crippen molar-refractivity contribution in [1.82, 2.24) is 9.97 Å². The Labute approximate surface area is 172 Å². The molecule has 1 unspecified atom stereocenters. The summed E-state index contributed by atoms with van der Waals surface area (Å²) in [6, 6.07) is 16.9. The minimum atomic E-state index is -0.341. The Hall–Kier alpha value is -2.69. The number of aryl methyl sites for hydroxylation is 1. The summed E-state index contributed by atoms with van der Waals surface area (Å²) in [6.45, 7) is 1.70. The third kappa shape index (κ3) is 3.79. The van der Waals surface area contributed by atoms with Gasteiger partial charge in [-0.3, -0.25) is 4.98 Å². The predicted octanol–water partition coefficient (Wildman–Crippen LogP) is 6.59. The van der Waals surface area contributed by atoms with E-state index in [1.165, 1.54) is 6.20 Å². The molecule has 140 valence electrons. The van der Waals surface area contributed by atoms with Crippen LogP contribution in [0.1, 0.15) is 22.7 Å². The molecule has 3 nitrogen and oxygen atoms in total. The summed E-state index contributed by atoms with van der Waals surface area (Å²) in [4.78, 5) is 8.61. The Balaban J connectivity index is 1.81. The summed E-state index contributed by atoms with van der Waals surface area (Å²) >= 11 is 12.3. The van der Waals surface area contributed by atoms with Gasteiger partial charge < -0.3 is 5.32 Å². The number of aromatic nitrogens is 2. The summed E-state index contributed by atoms with van der Waals surface area (Å²) in [7, 11) is 0. The molecule has 2 aromatic heterocycles. The van der Waals surface area contributed by atoms with E-state index in [0.29, 0.717) is 21.4 Å². The lowest BCUT2D eigenvalue weighted by Crippen LogP contribution is -2.14. The third-order valence-electron chi connectivity index (χ3n) is 4.58. The molecule has 4 aromatic rings. The van der Waals surface area contributed by atoms with Gasteiger partial charge in [0.05, 0.1) is 27.8 Å². The molecule has 4 rings (SSSR count). The Kier molecular flexibility index (Phi) is 5.16. The molecule has 0 aliphatic carbocycles. The lowest BCUT2D eigenvalue weighted by atomic mass is 9.97. The van der Waals surface area contributed by atoms with E-state index in [0.717, 1.165) is 22.0 Å². The van der Waals surface area contributed by atoms with Crippen molar-refractivity contribution in [1.29, 1.82) is 0 Å². The summed E-state index contributed by atoms with van der Waals surface area (Å²) in [5, 5.41) is 5.39. The van der Waals surface area contributed by atoms with Gasteiger partial charge in [0.15, 0.2) is 0 Å². The Morgan fingerprint density at radius 1 is 0.929 bits per heavy atom. The maximum absolute atomic E-state index is 13.6. The molecular weight excluding hydrogens is 396 g/mol. The van der Waals surface area contributed by atoms with Crippen molar-refractivity contribution in [3.05, 3.63) is 99.5 Å². The molecule has 0 saturated heterocycles. The van der Waals surface area contributed by atoms with Crippen LogP contribution in [0.5, 0.6) is 0 Å². The number of anilines is 1. The molecule has 0 fully saturated rings. The number of nitrogens with zero attached hydrogens (tertiary/aromatic N) is 2. The van der Waals surface area contributed by atoms with Crippen LogP contribution in [-0.4, -0.2) is 9.97 Å². The largest absolute Gasteiger partial charge is 0.359 e. The first kappa shape index (κ1) is 18.7. The van der Waals surface area contributed by atoms with E-state index >= 15 is 0 Å². The van der Waals surface area contributed by atoms with Gasteiger partial charge in [-0.15, -0.1) is 0 Å². The molecule has 0 aliphatic rings. The van der Waals surface area contributed by atoms with Gasteiger partial charge in [0.25, 0.3) is 0 Å². The van der Waals surface area contributed by atoms with E-state index in [1.54, 1.807) is 25.3 Å². The lowest BCUT2D eigenvalue weighted by molar-refractivity contribution is 0.612. The zero-order valence-electron chi connectivity index (χ0n) is 15.0. The van der Waals surface area contributed by atoms with Crippen LogP contribution in [-0.2, 0) is 0 Å². The van der Waals surface area contributed by atoms with Crippen LogP contribution in [0.4, 0.5) is 10.2 Å². The molecule has 2 aromatic carbocycles. The summed E-state index contributed by atoms with van der Waals surface area (Å²) < 4.78 is 13.6. The molecule has 0 amide bonds. The third-order valence-corrected chi connectivity index (χ3v) is 5.32. The number of nitrogens with one attached hydrogen (secondary N) is 1. The number of hydrogen-bond acceptors (Lipinski definition) is 3. The highest BCUT2D eigenvalue weighted by atomic mass is 35.5. The van der Waals surface area contributed by atoms with Gasteiger partial charge in [0, 0.05) is 11.6 Å². The second-order valence-corrected chi connectivity index (χ2v) is 7.34. The predicted molar refractivity (Wildman–Crippen MR) is 113 cm³/mol. The number of rotatable bonds is 4. The molecule has 0 radical (unpaired) electrons. The minimum absolute atomic E-state index is 0.265. The quantitative estimate of drug-likeness (QED) is 0.411. The monoisotopic (exact) mass is 411 g/mol. The maximum Gasteiger partial charge on any atom is 0.144 e. The van der Waals surface area contributed by atoms with Crippen molar-refractivity contribution >= 4 is 39.9 Å². The molecule has 1 atom stereocenters. The summed E-state index contributed by atoms with van der Waals surface area (Å²) in [5.41, 5.74) is 3.29. The average Bonchev–Trinajstić information content (AvgIpc) is 2.70. The normalized spacial score (nSPS) is 12.1. The van der Waals surface area contributed by atoms with E-state index in [1.807, 2.05) is 42.5 Å². The molecule has 6 heteroatoms. The Bertz CT molecular complexity index is 1160. The van der Waals surface area contributed by atoms with Crippen molar-refractivity contribution in [3.63, 3.8) is 0 Å². The first-order valence-electron chi connectivity index (χ1n) is 8.69. The zero-order valence-corrected chi connectivity index (χ0v) is 16.5. The second-order valence-electron chi connectivity index (χ2n) is 6.53. The fourth-order valence-corrected chi connectivity index (χ4v) is 3.39. The van der Waals surface area contributed by atoms with Crippen molar-refractivity contribution in [3.8, 4) is 0 Å². The van der Waals surface area contributed by atoms with Crippen LogP contribution in [0.2, 0.25) is 10.0 Å². The van der Waals surface area contributed by atoms with Crippen molar-refractivity contribution < 1.29 is 4.39 Å². The first-order valence-corrected chi connectivity index (χ1v) is 9.45. The van der Waals surface area contributed by atoms with Crippen molar-refractivity contribution in [2.45, 2.75) is 13.0 Å². The number of hydrogen-bond donors (Lipinski definition) is 1. The zero-order chi connectivity index (χ0) is 19.7. The summed E-state index contributed by atoms with van der Waals surface area (Å²) in [6.07, 6.45) is 2.98. The number of halogens is 3. The first-order chi connectivity index (χ1) is 13.5. The smallest absolute Gasteiger partial charge is 0.144 e. The minimum Gasteiger partial charge on any atom is -0.359 e. The van der Waals surface area contributed by atoms with Crippen LogP contribution in [0.25, 0.3) is 10.9 Å². The van der Waals surface area contributed by atoms with Gasteiger partial charge in [-0.25, -0.2) is 9.37 Å². The molecule has 0 bridgehead atoms. The van der Waals surface area contributed by atoms with E-state index < -0.39 is 0 Å². The Morgan fingerprint density at radius 3 is 2.50 bits per heavy atom. The molecule has 1 N–H and O–H groups in total. The highest BCUT2D eigenvalue weighted by Gasteiger charge is 2.17. The maximum atomic E-state index is 13.6. The van der Waals surface area contributed by atoms with Crippen LogP contribution in [0.15, 0.2) is 67.0 Å². The van der Waals surface area contributed by atoms with Crippen LogP contribution in [0, 0.1) is 12.7 Å². The number of benzene rings is 2. The van der Waals surface area contributed by atoms with Crippen molar-refractivity contribution in [2.75, 3.05) is 5.32 Å². The van der Waals surface area contributed by atoms with Gasteiger partial charge in [-0.2, -0.15) is 0 Å². The lowest BCUT2D eigenvalue weighted by Gasteiger charge is -2.21. The summed E-state index contributed by atoms with van der Waals surface area (Å²) in [5.74, 6) is 0.225. The van der Waals surface area contributed by atoms with Crippen molar-refractivity contribution in [2.24, 2.45) is 0 Å². The van der Waals surface area contributed by atoms with E-state index in [-0.39, 0.29) is 11.9 Å². The van der Waals surface area contributed by atoms with Gasteiger partial charge in [-0.1, -0.05) is 47.5 Å². The fourth-order valence-electron chi connectivity index (χ4n) is 3.08. The highest BCUT2D eigenvalue weighted by Crippen LogP contribution is 2.32. The standard InChI is InChI=1S/C22H16Cl2FN3/c1-13-9-21(27-12-19(13)25)28-22(15-6-7-17(23)18(24)10-15)16-5-4-14-3-2-8-26-20(14)11-16/h2-12,22H,1H3,(H,27,28). The SMILES string of the molecule is Cc1cc(NC(c2ccc(Cl)c(Cl)c2)c2ccc3cccnc3c2)ncc1F. The second kappa shape index (κ2) is 7.74. The molecule has 28 heavy (non-hydrogen) atoms. The molecule has 0 aliphatic heterocycles. The molecular formula is C22H16Cl2FN3. The number of pyridine rings is 2. The van der Waals surface area contributed by atoms with Crippen LogP contribution >= 0.6 is 23.2 Å². The molecule has 0 spiro atoms. The number of fused-ring (bicyclic) bond motifs is 1. The van der Waals surface area contributed by atoms with Crippen LogP contribution < -0.4 is 5.32 Å². The fraction of sp³-hybridized carbons (Fsp3) is 0.0909. The Morgan fingerprint density at radius 2 is 1.71 bits per heavy atom. The molecule has 0 saturated carbocycles. The van der Waals surface area contributed by atoms with E-state index in [2.05, 4.69) is 15.3 Å². The van der Waals surface area contributed by atoms with Gasteiger partial charge in [-0.05, 0) is 53.9 Å². The van der Waals surface area contributed by atoms with Crippen LogP contribution in [0.3, 0.4) is 0 Å².